The first-order chi connectivity index (χ1) is 7.95. The third kappa shape index (κ3) is 3.00. The van der Waals surface area contributed by atoms with Gasteiger partial charge in [0.1, 0.15) is 0 Å². The van der Waals surface area contributed by atoms with Crippen molar-refractivity contribution in [3.63, 3.8) is 0 Å². The highest BCUT2D eigenvalue weighted by Gasteiger charge is 2.28. The van der Waals surface area contributed by atoms with Crippen molar-refractivity contribution >= 4 is 21.6 Å². The Labute approximate surface area is 107 Å². The van der Waals surface area contributed by atoms with Crippen LogP contribution in [-0.4, -0.2) is 36.0 Å². The highest BCUT2D eigenvalue weighted by atomic mass is 35.5. The van der Waals surface area contributed by atoms with Crippen molar-refractivity contribution < 1.29 is 8.42 Å². The molecule has 0 saturated heterocycles. The number of alkyl halides is 1. The molecule has 1 heterocycles. The number of H-pyrrole nitrogens is 1. The molecular weight excluding hydrogens is 262 g/mol. The van der Waals surface area contributed by atoms with E-state index < -0.39 is 10.0 Å². The number of rotatable bonds is 6. The highest BCUT2D eigenvalue weighted by Crippen LogP contribution is 2.20. The van der Waals surface area contributed by atoms with Gasteiger partial charge in [0.25, 0.3) is 10.0 Å². The largest absolute Gasteiger partial charge is 0.266 e. The van der Waals surface area contributed by atoms with Crippen molar-refractivity contribution in [3.05, 3.63) is 11.8 Å². The van der Waals surface area contributed by atoms with Crippen LogP contribution in [0.4, 0.5) is 0 Å². The summed E-state index contributed by atoms with van der Waals surface area (Å²) < 4.78 is 25.9. The second-order valence-corrected chi connectivity index (χ2v) is 6.22. The van der Waals surface area contributed by atoms with Gasteiger partial charge in [0.05, 0.1) is 12.1 Å². The number of nitrogens with zero attached hydrogens (tertiary/aromatic N) is 2. The normalized spacial score (nSPS) is 14.2. The van der Waals surface area contributed by atoms with Crippen LogP contribution >= 0.6 is 11.6 Å². The van der Waals surface area contributed by atoms with Crippen LogP contribution in [0.1, 0.15) is 32.3 Å². The molecule has 1 aromatic rings. The van der Waals surface area contributed by atoms with Gasteiger partial charge in [0, 0.05) is 18.7 Å². The van der Waals surface area contributed by atoms with Gasteiger partial charge in [-0.1, -0.05) is 13.3 Å². The molecule has 0 fully saturated rings. The van der Waals surface area contributed by atoms with Gasteiger partial charge in [-0.05, 0) is 13.3 Å². The Bertz CT molecular complexity index is 458. The van der Waals surface area contributed by atoms with Crippen molar-refractivity contribution in [2.45, 2.75) is 43.6 Å². The molecule has 0 aromatic carbocycles. The van der Waals surface area contributed by atoms with Crippen LogP contribution < -0.4 is 0 Å². The van der Waals surface area contributed by atoms with E-state index >= 15 is 0 Å². The number of hydrogen-bond acceptors (Lipinski definition) is 3. The number of sulfonamides is 1. The zero-order chi connectivity index (χ0) is 13.1. The fourth-order valence-electron chi connectivity index (χ4n) is 1.60. The molecule has 5 nitrogen and oxygen atoms in total. The molecule has 98 valence electrons. The Morgan fingerprint density at radius 3 is 2.76 bits per heavy atom. The van der Waals surface area contributed by atoms with Crippen LogP contribution in [0.5, 0.6) is 0 Å². The van der Waals surface area contributed by atoms with Crippen molar-refractivity contribution in [1.82, 2.24) is 14.5 Å². The SMILES string of the molecule is CCCC(C)N(C)S(=O)(=O)c1[nH]ncc1CCl. The van der Waals surface area contributed by atoms with Crippen LogP contribution in [0.15, 0.2) is 11.2 Å². The van der Waals surface area contributed by atoms with Crippen LogP contribution in [0.2, 0.25) is 0 Å². The lowest BCUT2D eigenvalue weighted by molar-refractivity contribution is 0.367. The van der Waals surface area contributed by atoms with E-state index in [0.717, 1.165) is 12.8 Å². The molecule has 1 N–H and O–H groups in total. The fourth-order valence-corrected chi connectivity index (χ4v) is 3.37. The molecule has 17 heavy (non-hydrogen) atoms. The third-order valence-electron chi connectivity index (χ3n) is 2.79. The molecule has 0 aliphatic heterocycles. The van der Waals surface area contributed by atoms with E-state index in [0.29, 0.717) is 5.56 Å². The summed E-state index contributed by atoms with van der Waals surface area (Å²) >= 11 is 5.68. The van der Waals surface area contributed by atoms with Crippen molar-refractivity contribution in [1.29, 1.82) is 0 Å². The molecule has 7 heteroatoms. The monoisotopic (exact) mass is 279 g/mol. The van der Waals surface area contributed by atoms with Crippen LogP contribution in [0, 0.1) is 0 Å². The summed E-state index contributed by atoms with van der Waals surface area (Å²) in [5.74, 6) is 0.126. The molecule has 0 aliphatic carbocycles. The summed E-state index contributed by atoms with van der Waals surface area (Å²) in [6.45, 7) is 3.91. The average Bonchev–Trinajstić information content (AvgIpc) is 2.76. The second kappa shape index (κ2) is 5.84. The lowest BCUT2D eigenvalue weighted by atomic mass is 10.2. The van der Waals surface area contributed by atoms with E-state index in [1.165, 1.54) is 10.5 Å². The van der Waals surface area contributed by atoms with E-state index in [2.05, 4.69) is 10.2 Å². The number of nitrogens with one attached hydrogen (secondary N) is 1. The highest BCUT2D eigenvalue weighted by molar-refractivity contribution is 7.89. The maximum absolute atomic E-state index is 12.3. The van der Waals surface area contributed by atoms with Gasteiger partial charge in [-0.25, -0.2) is 8.42 Å². The summed E-state index contributed by atoms with van der Waals surface area (Å²) in [7, 11) is -1.95. The minimum Gasteiger partial charge on any atom is -0.266 e. The fraction of sp³-hybridized carbons (Fsp3) is 0.700. The van der Waals surface area contributed by atoms with Crippen LogP contribution in [0.25, 0.3) is 0 Å². The molecule has 0 saturated carbocycles. The third-order valence-corrected chi connectivity index (χ3v) is 5.06. The van der Waals surface area contributed by atoms with E-state index in [-0.39, 0.29) is 16.9 Å². The second-order valence-electron chi connectivity index (χ2n) is 4.02. The van der Waals surface area contributed by atoms with Gasteiger partial charge < -0.3 is 0 Å². The quantitative estimate of drug-likeness (QED) is 0.810. The molecule has 0 radical (unpaired) electrons. The Hall–Kier alpha value is -0.590. The summed E-state index contributed by atoms with van der Waals surface area (Å²) in [5.41, 5.74) is 0.502. The Morgan fingerprint density at radius 1 is 1.59 bits per heavy atom. The van der Waals surface area contributed by atoms with Gasteiger partial charge in [0.15, 0.2) is 5.03 Å². The molecule has 0 spiro atoms. The molecular formula is C10H18ClN3O2S. The first kappa shape index (κ1) is 14.5. The first-order valence-corrected chi connectivity index (χ1v) is 7.48. The van der Waals surface area contributed by atoms with E-state index in [1.807, 2.05) is 13.8 Å². The minimum absolute atomic E-state index is 0.0449. The molecule has 1 rings (SSSR count). The summed E-state index contributed by atoms with van der Waals surface area (Å²) in [6.07, 6.45) is 3.20. The topological polar surface area (TPSA) is 66.1 Å². The van der Waals surface area contributed by atoms with Gasteiger partial charge in [-0.15, -0.1) is 11.6 Å². The van der Waals surface area contributed by atoms with Gasteiger partial charge in [-0.3, -0.25) is 5.10 Å². The standard InChI is InChI=1S/C10H18ClN3O2S/c1-4-5-8(2)14(3)17(15,16)10-9(6-11)7-12-13-10/h7-8H,4-6H2,1-3H3,(H,12,13). The Balaban J connectivity index is 3.03. The maximum atomic E-state index is 12.3. The van der Waals surface area contributed by atoms with Crippen LogP contribution in [-0.2, 0) is 15.9 Å². The average molecular weight is 280 g/mol. The van der Waals surface area contributed by atoms with Crippen molar-refractivity contribution in [2.24, 2.45) is 0 Å². The van der Waals surface area contributed by atoms with Crippen molar-refractivity contribution in [2.75, 3.05) is 7.05 Å². The predicted octanol–water partition coefficient (Wildman–Crippen LogP) is 1.96. The molecule has 1 atom stereocenters. The van der Waals surface area contributed by atoms with E-state index in [1.54, 1.807) is 7.05 Å². The maximum Gasteiger partial charge on any atom is 0.260 e. The molecule has 0 aliphatic rings. The van der Waals surface area contributed by atoms with E-state index in [9.17, 15) is 8.42 Å². The lowest BCUT2D eigenvalue weighted by Gasteiger charge is -2.23. The first-order valence-electron chi connectivity index (χ1n) is 5.51. The number of aromatic amines is 1. The van der Waals surface area contributed by atoms with Gasteiger partial charge >= 0.3 is 0 Å². The molecule has 0 bridgehead atoms. The summed E-state index contributed by atoms with van der Waals surface area (Å²) in [6, 6.07) is -0.0449. The van der Waals surface area contributed by atoms with Crippen molar-refractivity contribution in [3.8, 4) is 0 Å². The smallest absolute Gasteiger partial charge is 0.260 e. The molecule has 1 aromatic heterocycles. The molecule has 1 unspecified atom stereocenters. The van der Waals surface area contributed by atoms with Gasteiger partial charge in [-0.2, -0.15) is 9.40 Å². The summed E-state index contributed by atoms with van der Waals surface area (Å²) in [4.78, 5) is 0. The Kier molecular flexibility index (Phi) is 4.97. The lowest BCUT2D eigenvalue weighted by Crippen LogP contribution is -2.35. The predicted molar refractivity (Wildman–Crippen MR) is 67.5 cm³/mol. The number of aromatic nitrogens is 2. The van der Waals surface area contributed by atoms with E-state index in [4.69, 9.17) is 11.6 Å². The minimum atomic E-state index is -3.53. The van der Waals surface area contributed by atoms with Gasteiger partial charge in [0.2, 0.25) is 0 Å². The Morgan fingerprint density at radius 2 is 2.24 bits per heavy atom. The zero-order valence-corrected chi connectivity index (χ0v) is 11.8. The van der Waals surface area contributed by atoms with Crippen LogP contribution in [0.3, 0.4) is 0 Å². The number of halogens is 1. The zero-order valence-electron chi connectivity index (χ0n) is 10.3. The summed E-state index contributed by atoms with van der Waals surface area (Å²) in [5, 5.41) is 6.34. The number of hydrogen-bond donors (Lipinski definition) is 1. The molecule has 0 amide bonds.